The van der Waals surface area contributed by atoms with E-state index in [1.165, 1.54) is 32.1 Å². The van der Waals surface area contributed by atoms with Gasteiger partial charge in [0.2, 0.25) is 5.91 Å². The smallest absolute Gasteiger partial charge is 0.326 e. The lowest BCUT2D eigenvalue weighted by molar-refractivity contribution is -0.139. The molecule has 1 aliphatic carbocycles. The molecule has 2 aromatic rings. The van der Waals surface area contributed by atoms with Crippen molar-refractivity contribution in [3.8, 4) is 11.1 Å². The van der Waals surface area contributed by atoms with Gasteiger partial charge in [-0.1, -0.05) is 62.4 Å². The highest BCUT2D eigenvalue weighted by Crippen LogP contribution is 2.32. The van der Waals surface area contributed by atoms with Crippen molar-refractivity contribution >= 4 is 29.5 Å². The number of carbonyl (C=O) groups excluding carboxylic acids is 2. The van der Waals surface area contributed by atoms with Crippen molar-refractivity contribution in [2.45, 2.75) is 70.5 Å². The van der Waals surface area contributed by atoms with E-state index < -0.39 is 17.9 Å². The van der Waals surface area contributed by atoms with Crippen LogP contribution in [0.25, 0.3) is 11.1 Å². The lowest BCUT2D eigenvalue weighted by atomic mass is 9.84. The van der Waals surface area contributed by atoms with Gasteiger partial charge in [-0.25, -0.2) is 4.79 Å². The van der Waals surface area contributed by atoms with Gasteiger partial charge >= 0.3 is 5.97 Å². The van der Waals surface area contributed by atoms with Crippen molar-refractivity contribution in [1.82, 2.24) is 15.1 Å². The molecule has 1 aliphatic heterocycles. The molecule has 228 valence electrons. The number of carboxylic acids is 1. The number of aryl methyl sites for hydroxylation is 1. The predicted octanol–water partition coefficient (Wildman–Crippen LogP) is 4.57. The van der Waals surface area contributed by atoms with Gasteiger partial charge < -0.3 is 20.4 Å². The molecule has 2 aliphatic rings. The minimum atomic E-state index is -1.19. The van der Waals surface area contributed by atoms with Gasteiger partial charge in [-0.05, 0) is 60.7 Å². The Morgan fingerprint density at radius 1 is 1.05 bits per heavy atom. The summed E-state index contributed by atoms with van der Waals surface area (Å²) in [5, 5.41) is 21.4. The molecule has 2 aromatic carbocycles. The van der Waals surface area contributed by atoms with Crippen molar-refractivity contribution in [3.63, 3.8) is 0 Å². The van der Waals surface area contributed by atoms with E-state index in [0.29, 0.717) is 23.6 Å². The van der Waals surface area contributed by atoms with Crippen LogP contribution in [-0.2, 0) is 16.1 Å². The number of aliphatic carboxylic acids is 1. The molecule has 8 nitrogen and oxygen atoms in total. The van der Waals surface area contributed by atoms with Crippen molar-refractivity contribution in [1.29, 1.82) is 0 Å². The van der Waals surface area contributed by atoms with E-state index in [0.717, 1.165) is 47.7 Å². The fourth-order valence-electron chi connectivity index (χ4n) is 6.21. The predicted molar refractivity (Wildman–Crippen MR) is 168 cm³/mol. The summed E-state index contributed by atoms with van der Waals surface area (Å²) in [6, 6.07) is 12.1. The topological polar surface area (TPSA) is 110 Å². The summed E-state index contributed by atoms with van der Waals surface area (Å²) in [7, 11) is 2.03. The number of carbonyl (C=O) groups is 3. The number of thioether (sulfide) groups is 1. The minimum absolute atomic E-state index is 0.0736. The van der Waals surface area contributed by atoms with E-state index in [1.807, 2.05) is 67.0 Å². The van der Waals surface area contributed by atoms with Gasteiger partial charge in [-0.2, -0.15) is 11.8 Å². The van der Waals surface area contributed by atoms with Crippen LogP contribution in [0.2, 0.25) is 0 Å². The first-order chi connectivity index (χ1) is 20.3. The molecule has 9 heteroatoms. The lowest BCUT2D eigenvalue weighted by Crippen LogP contribution is -2.50. The van der Waals surface area contributed by atoms with Crippen molar-refractivity contribution in [2.75, 3.05) is 38.2 Å². The highest BCUT2D eigenvalue weighted by molar-refractivity contribution is 7.99. The second-order valence-corrected chi connectivity index (χ2v) is 12.9. The zero-order chi connectivity index (χ0) is 30.1. The third-order valence-corrected chi connectivity index (χ3v) is 9.58. The van der Waals surface area contributed by atoms with Crippen molar-refractivity contribution in [3.05, 3.63) is 59.2 Å². The maximum Gasteiger partial charge on any atom is 0.326 e. The lowest BCUT2D eigenvalue weighted by Gasteiger charge is -2.36. The molecule has 2 fully saturated rings. The first-order valence-corrected chi connectivity index (χ1v) is 16.3. The SMILES string of the molecule is Cc1ccccc1-c1cc(CN(C)C(CC2CCCCC2)C(=O)N2CCSCC2)ccc1C(=O)NC(CCO)C(=O)O. The Kier molecular flexibility index (Phi) is 11.9. The van der Waals surface area contributed by atoms with E-state index in [1.54, 1.807) is 6.07 Å². The number of rotatable bonds is 12. The average molecular weight is 596 g/mol. The Bertz CT molecular complexity index is 1230. The summed E-state index contributed by atoms with van der Waals surface area (Å²) < 4.78 is 0. The Balaban J connectivity index is 1.62. The normalized spacial score (nSPS) is 17.6. The number of aliphatic hydroxyl groups is 1. The number of likely N-dealkylation sites (N-methyl/N-ethyl adjacent to an activating group) is 1. The molecule has 3 N–H and O–H groups in total. The summed E-state index contributed by atoms with van der Waals surface area (Å²) in [6.07, 6.45) is 6.91. The molecule has 2 atom stereocenters. The number of hydrogen-bond acceptors (Lipinski definition) is 6. The van der Waals surface area contributed by atoms with Crippen LogP contribution in [0.3, 0.4) is 0 Å². The Hall–Kier alpha value is -2.88. The molecule has 4 rings (SSSR count). The summed E-state index contributed by atoms with van der Waals surface area (Å²) >= 11 is 1.90. The van der Waals surface area contributed by atoms with E-state index in [9.17, 15) is 24.6 Å². The molecular formula is C33H45N3O5S. The fourth-order valence-corrected chi connectivity index (χ4v) is 7.11. The quantitative estimate of drug-likeness (QED) is 0.330. The maximum absolute atomic E-state index is 13.8. The molecule has 0 spiro atoms. The monoisotopic (exact) mass is 595 g/mol. The molecule has 0 aromatic heterocycles. The van der Waals surface area contributed by atoms with Crippen LogP contribution in [0.15, 0.2) is 42.5 Å². The van der Waals surface area contributed by atoms with E-state index in [4.69, 9.17) is 0 Å². The standard InChI is InChI=1S/C33H45N3O5S/c1-23-8-6-7-11-26(23)28-20-25(12-13-27(28)31(38)34-29(14-17-37)33(40)41)22-35(2)30(21-24-9-4-3-5-10-24)32(39)36-15-18-42-19-16-36/h6-8,11-13,20,24,29-30,37H,3-5,9-10,14-19,21-22H2,1-2H3,(H,34,38)(H,40,41). The van der Waals surface area contributed by atoms with Crippen molar-refractivity contribution in [2.24, 2.45) is 5.92 Å². The molecule has 2 amide bonds. The largest absolute Gasteiger partial charge is 0.480 e. The molecule has 1 heterocycles. The number of nitrogens with zero attached hydrogens (tertiary/aromatic N) is 2. The summed E-state index contributed by atoms with van der Waals surface area (Å²) in [6.45, 7) is 3.79. The van der Waals surface area contributed by atoms with Crippen LogP contribution in [0, 0.1) is 12.8 Å². The maximum atomic E-state index is 13.8. The van der Waals surface area contributed by atoms with Crippen LogP contribution in [0.1, 0.15) is 66.4 Å². The number of nitrogens with one attached hydrogen (secondary N) is 1. The van der Waals surface area contributed by atoms with Crippen LogP contribution < -0.4 is 5.32 Å². The van der Waals surface area contributed by atoms with Crippen LogP contribution in [0.5, 0.6) is 0 Å². The number of hydrogen-bond donors (Lipinski definition) is 3. The van der Waals surface area contributed by atoms with Gasteiger partial charge in [0.1, 0.15) is 6.04 Å². The van der Waals surface area contributed by atoms with Gasteiger partial charge in [0.05, 0.1) is 6.04 Å². The van der Waals surface area contributed by atoms with Gasteiger partial charge in [-0.3, -0.25) is 14.5 Å². The van der Waals surface area contributed by atoms with Gasteiger partial charge in [-0.15, -0.1) is 0 Å². The molecule has 0 bridgehead atoms. The first-order valence-electron chi connectivity index (χ1n) is 15.2. The zero-order valence-electron chi connectivity index (χ0n) is 24.9. The number of aliphatic hydroxyl groups excluding tert-OH is 1. The third-order valence-electron chi connectivity index (χ3n) is 8.64. The molecule has 1 saturated heterocycles. The van der Waals surface area contributed by atoms with E-state index >= 15 is 0 Å². The van der Waals surface area contributed by atoms with Crippen LogP contribution in [0.4, 0.5) is 0 Å². The number of benzene rings is 2. The molecule has 0 radical (unpaired) electrons. The molecule has 2 unspecified atom stereocenters. The Morgan fingerprint density at radius 3 is 2.43 bits per heavy atom. The second kappa shape index (κ2) is 15.5. The number of carboxylic acid groups (broad SMARTS) is 1. The van der Waals surface area contributed by atoms with Gasteiger partial charge in [0, 0.05) is 49.7 Å². The highest BCUT2D eigenvalue weighted by atomic mass is 32.2. The number of amides is 2. The van der Waals surface area contributed by atoms with Crippen LogP contribution in [-0.4, -0.2) is 88.1 Å². The molecular weight excluding hydrogens is 550 g/mol. The van der Waals surface area contributed by atoms with Crippen LogP contribution >= 0.6 is 11.8 Å². The van der Waals surface area contributed by atoms with E-state index in [-0.39, 0.29) is 25.0 Å². The third kappa shape index (κ3) is 8.36. The molecule has 42 heavy (non-hydrogen) atoms. The van der Waals surface area contributed by atoms with Gasteiger partial charge in [0.25, 0.3) is 5.91 Å². The Morgan fingerprint density at radius 2 is 1.76 bits per heavy atom. The fraction of sp³-hybridized carbons (Fsp3) is 0.545. The average Bonchev–Trinajstić information content (AvgIpc) is 3.00. The molecule has 1 saturated carbocycles. The second-order valence-electron chi connectivity index (χ2n) is 11.7. The minimum Gasteiger partial charge on any atom is -0.480 e. The van der Waals surface area contributed by atoms with E-state index in [2.05, 4.69) is 10.2 Å². The summed E-state index contributed by atoms with van der Waals surface area (Å²) in [5.41, 5.74) is 3.96. The van der Waals surface area contributed by atoms with Crippen molar-refractivity contribution < 1.29 is 24.6 Å². The Labute approximate surface area is 253 Å². The summed E-state index contributed by atoms with van der Waals surface area (Å²) in [5.74, 6) is 1.06. The summed E-state index contributed by atoms with van der Waals surface area (Å²) in [4.78, 5) is 43.1. The first kappa shape index (κ1) is 32.0. The highest BCUT2D eigenvalue weighted by Gasteiger charge is 2.32. The van der Waals surface area contributed by atoms with Gasteiger partial charge in [0.15, 0.2) is 0 Å². The zero-order valence-corrected chi connectivity index (χ0v) is 25.7.